The minimum Gasteiger partial charge on any atom is -0.491 e. The zero-order valence-electron chi connectivity index (χ0n) is 12.0. The van der Waals surface area contributed by atoms with Gasteiger partial charge in [-0.25, -0.2) is 0 Å². The van der Waals surface area contributed by atoms with E-state index in [4.69, 9.17) is 15.2 Å². The van der Waals surface area contributed by atoms with Gasteiger partial charge in [-0.05, 0) is 50.1 Å². The number of benzene rings is 1. The van der Waals surface area contributed by atoms with Crippen LogP contribution in [0, 0.1) is 0 Å². The molecule has 2 rings (SSSR count). The van der Waals surface area contributed by atoms with Crippen LogP contribution < -0.4 is 15.8 Å². The third-order valence-corrected chi connectivity index (χ3v) is 3.24. The van der Waals surface area contributed by atoms with E-state index in [1.54, 1.807) is 12.1 Å². The van der Waals surface area contributed by atoms with Crippen molar-refractivity contribution >= 4 is 18.3 Å². The van der Waals surface area contributed by atoms with Crippen molar-refractivity contribution in [1.29, 1.82) is 0 Å². The van der Waals surface area contributed by atoms with Crippen LogP contribution in [0.2, 0.25) is 0 Å². The van der Waals surface area contributed by atoms with Gasteiger partial charge in [-0.15, -0.1) is 12.4 Å². The van der Waals surface area contributed by atoms with Crippen LogP contribution in [0.1, 0.15) is 29.6 Å². The van der Waals surface area contributed by atoms with Crippen molar-refractivity contribution in [3.05, 3.63) is 29.8 Å². The fourth-order valence-corrected chi connectivity index (χ4v) is 2.07. The first kappa shape index (κ1) is 17.8. The first-order valence-corrected chi connectivity index (χ1v) is 7.12. The smallest absolute Gasteiger partial charge is 0.251 e. The Morgan fingerprint density at radius 3 is 2.76 bits per heavy atom. The first-order valence-electron chi connectivity index (χ1n) is 7.12. The van der Waals surface area contributed by atoms with Crippen molar-refractivity contribution in [3.8, 4) is 5.75 Å². The summed E-state index contributed by atoms with van der Waals surface area (Å²) in [4.78, 5) is 11.8. The van der Waals surface area contributed by atoms with E-state index < -0.39 is 0 Å². The van der Waals surface area contributed by atoms with Gasteiger partial charge in [0.05, 0.1) is 6.10 Å². The number of carbonyl (C=O) groups excluding carboxylic acids is 1. The third-order valence-electron chi connectivity index (χ3n) is 3.24. The highest BCUT2D eigenvalue weighted by Gasteiger charge is 2.16. The Morgan fingerprint density at radius 1 is 1.38 bits per heavy atom. The maximum absolute atomic E-state index is 11.8. The van der Waals surface area contributed by atoms with Gasteiger partial charge in [-0.1, -0.05) is 0 Å². The minimum absolute atomic E-state index is 0. The molecule has 0 spiro atoms. The Balaban J connectivity index is 0.00000220. The summed E-state index contributed by atoms with van der Waals surface area (Å²) in [5.74, 6) is 0.683. The molecule has 118 valence electrons. The lowest BCUT2D eigenvalue weighted by atomic mass is 10.2. The highest BCUT2D eigenvalue weighted by molar-refractivity contribution is 5.94. The van der Waals surface area contributed by atoms with Gasteiger partial charge in [0.25, 0.3) is 5.91 Å². The molecule has 0 aliphatic carbocycles. The van der Waals surface area contributed by atoms with Crippen molar-refractivity contribution in [2.24, 2.45) is 5.73 Å². The molecule has 21 heavy (non-hydrogen) atoms. The molecule has 1 saturated heterocycles. The molecule has 0 aromatic heterocycles. The fourth-order valence-electron chi connectivity index (χ4n) is 2.07. The van der Waals surface area contributed by atoms with E-state index in [1.807, 2.05) is 12.1 Å². The molecule has 5 nitrogen and oxygen atoms in total. The molecular formula is C15H23ClN2O3. The van der Waals surface area contributed by atoms with Gasteiger partial charge >= 0.3 is 0 Å². The Bertz CT molecular complexity index is 419. The van der Waals surface area contributed by atoms with Crippen molar-refractivity contribution in [2.75, 3.05) is 26.3 Å². The van der Waals surface area contributed by atoms with E-state index in [-0.39, 0.29) is 24.4 Å². The topological polar surface area (TPSA) is 73.6 Å². The lowest BCUT2D eigenvalue weighted by molar-refractivity contribution is 0.0679. The van der Waals surface area contributed by atoms with Gasteiger partial charge < -0.3 is 20.5 Å². The Hall–Kier alpha value is -1.30. The van der Waals surface area contributed by atoms with Gasteiger partial charge in [-0.3, -0.25) is 4.79 Å². The van der Waals surface area contributed by atoms with E-state index >= 15 is 0 Å². The lowest BCUT2D eigenvalue weighted by Gasteiger charge is -2.11. The van der Waals surface area contributed by atoms with E-state index in [0.717, 1.165) is 31.6 Å². The zero-order valence-corrected chi connectivity index (χ0v) is 12.9. The largest absolute Gasteiger partial charge is 0.491 e. The summed E-state index contributed by atoms with van der Waals surface area (Å²) in [5, 5.41) is 2.82. The number of amides is 1. The zero-order chi connectivity index (χ0) is 14.2. The number of nitrogens with one attached hydrogen (secondary N) is 1. The fraction of sp³-hybridized carbons (Fsp3) is 0.533. The summed E-state index contributed by atoms with van der Waals surface area (Å²) in [6.07, 6.45) is 3.15. The molecule has 1 aromatic carbocycles. The SMILES string of the molecule is Cl.NCCCNC(=O)c1ccc(OCC2CCCO2)cc1. The van der Waals surface area contributed by atoms with Crippen LogP contribution in [0.5, 0.6) is 5.75 Å². The summed E-state index contributed by atoms with van der Waals surface area (Å²) in [6.45, 7) is 2.58. The van der Waals surface area contributed by atoms with Gasteiger partial charge in [0.2, 0.25) is 0 Å². The third kappa shape index (κ3) is 5.91. The molecule has 1 unspecified atom stereocenters. The molecule has 1 heterocycles. The maximum atomic E-state index is 11.8. The van der Waals surface area contributed by atoms with Crippen LogP contribution in [0.4, 0.5) is 0 Å². The highest BCUT2D eigenvalue weighted by atomic mass is 35.5. The average molecular weight is 315 g/mol. The summed E-state index contributed by atoms with van der Waals surface area (Å²) in [5.41, 5.74) is 6.01. The number of ether oxygens (including phenoxy) is 2. The van der Waals surface area contributed by atoms with Crippen molar-refractivity contribution < 1.29 is 14.3 Å². The van der Waals surface area contributed by atoms with Crippen LogP contribution in [-0.4, -0.2) is 38.3 Å². The van der Waals surface area contributed by atoms with E-state index in [1.165, 1.54) is 0 Å². The first-order chi connectivity index (χ1) is 9.79. The van der Waals surface area contributed by atoms with Crippen molar-refractivity contribution in [1.82, 2.24) is 5.32 Å². The van der Waals surface area contributed by atoms with Crippen LogP contribution in [-0.2, 0) is 4.74 Å². The molecule has 1 atom stereocenters. The standard InChI is InChI=1S/C15H22N2O3.ClH/c16-8-2-9-17-15(18)12-4-6-13(7-5-12)20-11-14-3-1-10-19-14;/h4-7,14H,1-3,8-11,16H2,(H,17,18);1H. The second-order valence-corrected chi connectivity index (χ2v) is 4.87. The molecule has 6 heteroatoms. The van der Waals surface area contributed by atoms with Crippen molar-refractivity contribution in [3.63, 3.8) is 0 Å². The molecular weight excluding hydrogens is 292 g/mol. The lowest BCUT2D eigenvalue weighted by Crippen LogP contribution is -2.25. The molecule has 0 radical (unpaired) electrons. The molecule has 3 N–H and O–H groups in total. The Kier molecular flexibility index (Phi) is 8.12. The predicted octanol–water partition coefficient (Wildman–Crippen LogP) is 1.74. The normalized spacial score (nSPS) is 17.1. The van der Waals surface area contributed by atoms with Gasteiger partial charge in [-0.2, -0.15) is 0 Å². The van der Waals surface area contributed by atoms with Gasteiger partial charge in [0, 0.05) is 18.7 Å². The second-order valence-electron chi connectivity index (χ2n) is 4.87. The van der Waals surface area contributed by atoms with E-state index in [2.05, 4.69) is 5.32 Å². The van der Waals surface area contributed by atoms with Crippen LogP contribution in [0.15, 0.2) is 24.3 Å². The van der Waals surface area contributed by atoms with E-state index in [9.17, 15) is 4.79 Å². The van der Waals surface area contributed by atoms with E-state index in [0.29, 0.717) is 25.3 Å². The van der Waals surface area contributed by atoms with Crippen molar-refractivity contribution in [2.45, 2.75) is 25.4 Å². The molecule has 1 fully saturated rings. The maximum Gasteiger partial charge on any atom is 0.251 e. The number of carbonyl (C=O) groups is 1. The molecule has 1 aliphatic heterocycles. The van der Waals surface area contributed by atoms with Crippen LogP contribution in [0.3, 0.4) is 0 Å². The van der Waals surface area contributed by atoms with Gasteiger partial charge in [0.1, 0.15) is 12.4 Å². The molecule has 0 saturated carbocycles. The number of hydrogen-bond acceptors (Lipinski definition) is 4. The Morgan fingerprint density at radius 2 is 2.14 bits per heavy atom. The van der Waals surface area contributed by atoms with Crippen LogP contribution in [0.25, 0.3) is 0 Å². The molecule has 1 aliphatic rings. The number of halogens is 1. The van der Waals surface area contributed by atoms with Crippen LogP contribution >= 0.6 is 12.4 Å². The second kappa shape index (κ2) is 9.60. The summed E-state index contributed by atoms with van der Waals surface area (Å²) < 4.78 is 11.1. The number of rotatable bonds is 7. The molecule has 0 bridgehead atoms. The molecule has 1 amide bonds. The quantitative estimate of drug-likeness (QED) is 0.752. The summed E-state index contributed by atoms with van der Waals surface area (Å²) >= 11 is 0. The highest BCUT2D eigenvalue weighted by Crippen LogP contribution is 2.16. The molecule has 1 aromatic rings. The number of nitrogens with two attached hydrogens (primary N) is 1. The minimum atomic E-state index is -0.0795. The summed E-state index contributed by atoms with van der Waals surface area (Å²) in [6, 6.07) is 7.16. The summed E-state index contributed by atoms with van der Waals surface area (Å²) in [7, 11) is 0. The average Bonchev–Trinajstić information content (AvgIpc) is 2.99. The predicted molar refractivity (Wildman–Crippen MR) is 84.2 cm³/mol. The Labute approximate surface area is 131 Å². The number of hydrogen-bond donors (Lipinski definition) is 2. The van der Waals surface area contributed by atoms with Gasteiger partial charge in [0.15, 0.2) is 0 Å². The monoisotopic (exact) mass is 314 g/mol.